The number of ketones is 1. The van der Waals surface area contributed by atoms with Gasteiger partial charge in [0.15, 0.2) is 0 Å². The van der Waals surface area contributed by atoms with Crippen LogP contribution in [0.3, 0.4) is 0 Å². The molecule has 4 aliphatic rings. The van der Waals surface area contributed by atoms with Crippen LogP contribution >= 0.6 is 0 Å². The van der Waals surface area contributed by atoms with E-state index < -0.39 is 52.8 Å². The molecule has 4 amide bonds. The number of hydrogen-bond acceptors (Lipinski definition) is 6. The summed E-state index contributed by atoms with van der Waals surface area (Å²) in [6.07, 6.45) is 9.79. The highest BCUT2D eigenvalue weighted by molar-refractivity contribution is 6.37. The highest BCUT2D eigenvalue weighted by Crippen LogP contribution is 2.74. The number of carbonyl (C=O) groups is 5. The Balaban J connectivity index is 1.60. The van der Waals surface area contributed by atoms with E-state index in [0.29, 0.717) is 19.4 Å². The van der Waals surface area contributed by atoms with Crippen molar-refractivity contribution >= 4 is 29.6 Å². The molecule has 3 aliphatic carbocycles. The summed E-state index contributed by atoms with van der Waals surface area (Å²) in [6, 6.07) is -2.74. The highest BCUT2D eigenvalue weighted by Gasteiger charge is 2.71. The number of ether oxygens (including phenoxy) is 1. The van der Waals surface area contributed by atoms with Crippen LogP contribution in [0.4, 0.5) is 4.79 Å². The van der Waals surface area contributed by atoms with Crippen molar-refractivity contribution in [2.24, 2.45) is 27.9 Å². The number of likely N-dealkylation sites (tertiary alicyclic amines) is 1. The lowest BCUT2D eigenvalue weighted by Crippen LogP contribution is -2.59. The fraction of sp³-hybridized carbons (Fsp3) is 0.839. The standard InChI is InChI=1S/C31H50N4O6/c1-28(2,3)23(34-27(40)41-29(4,5)6)26(39)35-18-31(17-30(31)13-8-7-9-14-30)16-21(35)25(38)33-20(22(36)24(32)37)15-19-11-10-12-19/h19-21,23H,7-18H2,1-6H3,(H2,32,37)(H,33,38)(H,34,40). The minimum absolute atomic E-state index is 0.128. The van der Waals surface area contributed by atoms with Crippen molar-refractivity contribution in [3.8, 4) is 0 Å². The molecule has 41 heavy (non-hydrogen) atoms. The molecule has 2 spiro atoms. The number of hydrogen-bond donors (Lipinski definition) is 3. The average molecular weight is 575 g/mol. The van der Waals surface area contributed by atoms with Crippen LogP contribution in [-0.2, 0) is 23.9 Å². The Bertz CT molecular complexity index is 1070. The van der Waals surface area contributed by atoms with Gasteiger partial charge in [-0.1, -0.05) is 59.3 Å². The van der Waals surface area contributed by atoms with E-state index in [2.05, 4.69) is 10.6 Å². The fourth-order valence-corrected chi connectivity index (χ4v) is 7.47. The summed E-state index contributed by atoms with van der Waals surface area (Å²) >= 11 is 0. The van der Waals surface area contributed by atoms with E-state index in [1.165, 1.54) is 6.42 Å². The summed E-state index contributed by atoms with van der Waals surface area (Å²) < 4.78 is 5.47. The van der Waals surface area contributed by atoms with Crippen LogP contribution in [0.1, 0.15) is 112 Å². The van der Waals surface area contributed by atoms with Crippen LogP contribution in [0.25, 0.3) is 0 Å². The molecule has 230 valence electrons. The van der Waals surface area contributed by atoms with Gasteiger partial charge < -0.3 is 26.0 Å². The fourth-order valence-electron chi connectivity index (χ4n) is 7.47. The van der Waals surface area contributed by atoms with Crippen molar-refractivity contribution in [3.63, 3.8) is 0 Å². The minimum atomic E-state index is -1.07. The van der Waals surface area contributed by atoms with Crippen molar-refractivity contribution in [2.45, 2.75) is 136 Å². The van der Waals surface area contributed by atoms with Crippen molar-refractivity contribution in [2.75, 3.05) is 6.54 Å². The Kier molecular flexibility index (Phi) is 8.56. The molecule has 4 atom stereocenters. The van der Waals surface area contributed by atoms with E-state index in [1.54, 1.807) is 25.7 Å². The van der Waals surface area contributed by atoms with Gasteiger partial charge in [-0.3, -0.25) is 19.2 Å². The number of nitrogens with one attached hydrogen (secondary N) is 2. The number of nitrogens with zero attached hydrogens (tertiary/aromatic N) is 1. The molecule has 4 unspecified atom stereocenters. The van der Waals surface area contributed by atoms with Gasteiger partial charge in [0.25, 0.3) is 5.91 Å². The molecule has 0 bridgehead atoms. The first-order valence-corrected chi connectivity index (χ1v) is 15.4. The monoisotopic (exact) mass is 574 g/mol. The molecule has 0 radical (unpaired) electrons. The van der Waals surface area contributed by atoms with E-state index in [-0.39, 0.29) is 22.7 Å². The zero-order chi connectivity index (χ0) is 30.4. The molecule has 1 saturated heterocycles. The second-order valence-electron chi connectivity index (χ2n) is 15.3. The Morgan fingerprint density at radius 3 is 2.07 bits per heavy atom. The molecule has 4 fully saturated rings. The highest BCUT2D eigenvalue weighted by atomic mass is 16.6. The van der Waals surface area contributed by atoms with Crippen LogP contribution in [0, 0.1) is 22.2 Å². The number of alkyl carbamates (subject to hydrolysis) is 1. The molecular weight excluding hydrogens is 524 g/mol. The number of fused-ring (bicyclic) bond motifs is 1. The third-order valence-corrected chi connectivity index (χ3v) is 9.95. The second kappa shape index (κ2) is 11.2. The van der Waals surface area contributed by atoms with E-state index in [1.807, 2.05) is 20.8 Å². The van der Waals surface area contributed by atoms with E-state index in [0.717, 1.165) is 51.4 Å². The summed E-state index contributed by atoms with van der Waals surface area (Å²) in [6.45, 7) is 11.3. The second-order valence-corrected chi connectivity index (χ2v) is 15.3. The van der Waals surface area contributed by atoms with Gasteiger partial charge in [0.2, 0.25) is 17.6 Å². The van der Waals surface area contributed by atoms with E-state index in [9.17, 15) is 24.0 Å². The average Bonchev–Trinajstić information content (AvgIpc) is 3.21. The van der Waals surface area contributed by atoms with Gasteiger partial charge in [-0.15, -0.1) is 0 Å². The predicted molar refractivity (Wildman–Crippen MR) is 153 cm³/mol. The van der Waals surface area contributed by atoms with Gasteiger partial charge in [0.1, 0.15) is 17.7 Å². The number of Topliss-reactive ketones (excluding diaryl/α,β-unsaturated/α-hetero) is 1. The maximum atomic E-state index is 14.3. The molecule has 10 nitrogen and oxygen atoms in total. The van der Waals surface area contributed by atoms with Crippen molar-refractivity contribution in [1.29, 1.82) is 0 Å². The van der Waals surface area contributed by atoms with Crippen molar-refractivity contribution < 1.29 is 28.7 Å². The topological polar surface area (TPSA) is 148 Å². The molecule has 4 N–H and O–H groups in total. The summed E-state index contributed by atoms with van der Waals surface area (Å²) in [7, 11) is 0. The lowest BCUT2D eigenvalue weighted by atomic mass is 9.78. The van der Waals surface area contributed by atoms with Gasteiger partial charge in [0.05, 0.1) is 6.04 Å². The summed E-state index contributed by atoms with van der Waals surface area (Å²) in [4.78, 5) is 67.2. The Labute approximate surface area is 244 Å². The number of primary amides is 1. The molecule has 10 heteroatoms. The van der Waals surface area contributed by atoms with Crippen LogP contribution < -0.4 is 16.4 Å². The summed E-state index contributed by atoms with van der Waals surface area (Å²) in [5.74, 6) is -2.38. The number of nitrogens with two attached hydrogens (primary N) is 1. The maximum Gasteiger partial charge on any atom is 0.408 e. The minimum Gasteiger partial charge on any atom is -0.444 e. The van der Waals surface area contributed by atoms with Crippen LogP contribution in [-0.4, -0.2) is 64.8 Å². The van der Waals surface area contributed by atoms with Crippen LogP contribution in [0.15, 0.2) is 0 Å². The largest absolute Gasteiger partial charge is 0.444 e. The van der Waals surface area contributed by atoms with Crippen LogP contribution in [0.2, 0.25) is 0 Å². The van der Waals surface area contributed by atoms with E-state index >= 15 is 0 Å². The van der Waals surface area contributed by atoms with E-state index in [4.69, 9.17) is 10.5 Å². The smallest absolute Gasteiger partial charge is 0.408 e. The first-order valence-electron chi connectivity index (χ1n) is 15.4. The van der Waals surface area contributed by atoms with Gasteiger partial charge in [-0.2, -0.15) is 0 Å². The molecule has 0 aromatic heterocycles. The molecule has 3 saturated carbocycles. The zero-order valence-corrected chi connectivity index (χ0v) is 25.8. The summed E-state index contributed by atoms with van der Waals surface area (Å²) in [5, 5.41) is 5.62. The van der Waals surface area contributed by atoms with Gasteiger partial charge in [-0.25, -0.2) is 4.79 Å². The molecule has 1 heterocycles. The van der Waals surface area contributed by atoms with Gasteiger partial charge >= 0.3 is 6.09 Å². The Morgan fingerprint density at radius 1 is 0.927 bits per heavy atom. The predicted octanol–water partition coefficient (Wildman–Crippen LogP) is 3.60. The number of rotatable bonds is 8. The summed E-state index contributed by atoms with van der Waals surface area (Å²) in [5.41, 5.74) is 3.92. The normalized spacial score (nSPS) is 27.1. The third-order valence-electron chi connectivity index (χ3n) is 9.95. The van der Waals surface area contributed by atoms with Crippen molar-refractivity contribution in [1.82, 2.24) is 15.5 Å². The lowest BCUT2D eigenvalue weighted by Gasteiger charge is -2.36. The van der Waals surface area contributed by atoms with Gasteiger partial charge in [-0.05, 0) is 75.0 Å². The first kappa shape index (κ1) is 31.3. The Hall–Kier alpha value is -2.65. The molecular formula is C31H50N4O6. The molecule has 0 aromatic carbocycles. The Morgan fingerprint density at radius 2 is 1.56 bits per heavy atom. The maximum absolute atomic E-state index is 14.3. The molecule has 0 aromatic rings. The SMILES string of the molecule is CC(C)(C)OC(=O)NC(C(=O)N1CC2(CC1C(=O)NC(CC1CCC1)C(=O)C(N)=O)CC21CCCCC1)C(C)(C)C. The third kappa shape index (κ3) is 6.72. The molecule has 4 rings (SSSR count). The van der Waals surface area contributed by atoms with Crippen LogP contribution in [0.5, 0.6) is 0 Å². The van der Waals surface area contributed by atoms with Gasteiger partial charge in [0, 0.05) is 6.54 Å². The van der Waals surface area contributed by atoms with Crippen molar-refractivity contribution in [3.05, 3.63) is 0 Å². The molecule has 1 aliphatic heterocycles. The lowest BCUT2D eigenvalue weighted by molar-refractivity contribution is -0.143. The zero-order valence-electron chi connectivity index (χ0n) is 25.8. The quantitative estimate of drug-likeness (QED) is 0.377. The first-order chi connectivity index (χ1) is 19.0. The number of carbonyl (C=O) groups excluding carboxylic acids is 5. The number of amides is 4.